The molecule has 2 saturated carbocycles. The lowest BCUT2D eigenvalue weighted by molar-refractivity contribution is -0.140. The zero-order valence-corrected chi connectivity index (χ0v) is 9.77. The molecule has 2 rings (SSSR count). The number of carbonyl (C=O) groups is 1. The highest BCUT2D eigenvalue weighted by Gasteiger charge is 2.37. The van der Waals surface area contributed by atoms with E-state index in [0.717, 1.165) is 32.1 Å². The Hall–Kier alpha value is -0.610. The van der Waals surface area contributed by atoms with Gasteiger partial charge < -0.3 is 15.7 Å². The highest BCUT2D eigenvalue weighted by molar-refractivity contribution is 5.80. The molecule has 92 valence electrons. The number of nitrogens with two attached hydrogens (primary N) is 1. The van der Waals surface area contributed by atoms with Crippen molar-refractivity contribution >= 4 is 5.91 Å². The van der Waals surface area contributed by atoms with Gasteiger partial charge in [-0.2, -0.15) is 0 Å². The maximum absolute atomic E-state index is 12.3. The van der Waals surface area contributed by atoms with E-state index in [9.17, 15) is 4.79 Å². The first kappa shape index (κ1) is 11.9. The van der Waals surface area contributed by atoms with Crippen molar-refractivity contribution in [2.45, 2.75) is 50.6 Å². The first-order valence-corrected chi connectivity index (χ1v) is 6.41. The number of rotatable bonds is 4. The third-order valence-corrected chi connectivity index (χ3v) is 4.03. The molecule has 16 heavy (non-hydrogen) atoms. The Balaban J connectivity index is 1.98. The van der Waals surface area contributed by atoms with Gasteiger partial charge in [0.25, 0.3) is 0 Å². The molecule has 4 heteroatoms. The first-order valence-electron chi connectivity index (χ1n) is 6.41. The van der Waals surface area contributed by atoms with Gasteiger partial charge in [-0.25, -0.2) is 0 Å². The summed E-state index contributed by atoms with van der Waals surface area (Å²) < 4.78 is 0. The largest absolute Gasteiger partial charge is 0.395 e. The number of hydrogen-bond donors (Lipinski definition) is 2. The number of aliphatic hydroxyl groups excluding tert-OH is 1. The predicted octanol–water partition coefficient (Wildman–Crippen LogP) is 0.487. The smallest absolute Gasteiger partial charge is 0.227 e. The summed E-state index contributed by atoms with van der Waals surface area (Å²) >= 11 is 0. The minimum absolute atomic E-state index is 0.00662. The van der Waals surface area contributed by atoms with Crippen LogP contribution in [0, 0.1) is 5.92 Å². The van der Waals surface area contributed by atoms with Crippen LogP contribution in [0.15, 0.2) is 0 Å². The minimum Gasteiger partial charge on any atom is -0.395 e. The maximum atomic E-state index is 12.3. The molecule has 2 unspecified atom stereocenters. The summed E-state index contributed by atoms with van der Waals surface area (Å²) in [6, 6.07) is 0.404. The summed E-state index contributed by atoms with van der Waals surface area (Å²) in [5.41, 5.74) is 5.96. The molecule has 3 N–H and O–H groups in total. The quantitative estimate of drug-likeness (QED) is 0.733. The fraction of sp³-hybridized carbons (Fsp3) is 0.917. The van der Waals surface area contributed by atoms with Crippen molar-refractivity contribution in [1.82, 2.24) is 4.90 Å². The van der Waals surface area contributed by atoms with Gasteiger partial charge in [-0.3, -0.25) is 4.79 Å². The Kier molecular flexibility index (Phi) is 3.82. The van der Waals surface area contributed by atoms with E-state index in [-0.39, 0.29) is 24.5 Å². The average molecular weight is 226 g/mol. The Morgan fingerprint density at radius 1 is 1.25 bits per heavy atom. The van der Waals surface area contributed by atoms with Gasteiger partial charge in [0.1, 0.15) is 0 Å². The monoisotopic (exact) mass is 226 g/mol. The van der Waals surface area contributed by atoms with Crippen molar-refractivity contribution in [2.24, 2.45) is 11.7 Å². The van der Waals surface area contributed by atoms with Crippen LogP contribution in [0.25, 0.3) is 0 Å². The number of hydrogen-bond acceptors (Lipinski definition) is 3. The molecule has 0 aromatic carbocycles. The lowest BCUT2D eigenvalue weighted by Crippen LogP contribution is -2.50. The van der Waals surface area contributed by atoms with Crippen molar-refractivity contribution in [3.8, 4) is 0 Å². The number of nitrogens with zero attached hydrogens (tertiary/aromatic N) is 1. The Labute approximate surface area is 96.8 Å². The first-order chi connectivity index (χ1) is 7.74. The Morgan fingerprint density at radius 3 is 2.38 bits per heavy atom. The fourth-order valence-electron chi connectivity index (χ4n) is 2.79. The van der Waals surface area contributed by atoms with E-state index in [1.165, 1.54) is 6.42 Å². The van der Waals surface area contributed by atoms with E-state index in [0.29, 0.717) is 12.6 Å². The lowest BCUT2D eigenvalue weighted by Gasteiger charge is -2.39. The van der Waals surface area contributed by atoms with Crippen molar-refractivity contribution < 1.29 is 9.90 Å². The van der Waals surface area contributed by atoms with Crippen LogP contribution >= 0.6 is 0 Å². The van der Waals surface area contributed by atoms with Gasteiger partial charge in [-0.1, -0.05) is 6.42 Å². The molecule has 0 bridgehead atoms. The maximum Gasteiger partial charge on any atom is 0.227 e. The van der Waals surface area contributed by atoms with Gasteiger partial charge in [-0.05, 0) is 32.1 Å². The molecule has 2 fully saturated rings. The second-order valence-corrected chi connectivity index (χ2v) is 5.04. The second-order valence-electron chi connectivity index (χ2n) is 5.04. The molecule has 0 aliphatic heterocycles. The van der Waals surface area contributed by atoms with Gasteiger partial charge >= 0.3 is 0 Å². The zero-order chi connectivity index (χ0) is 11.5. The molecule has 0 heterocycles. The molecule has 0 aromatic rings. The van der Waals surface area contributed by atoms with Gasteiger partial charge in [0.2, 0.25) is 5.91 Å². The van der Waals surface area contributed by atoms with Gasteiger partial charge in [0, 0.05) is 18.6 Å². The van der Waals surface area contributed by atoms with Crippen LogP contribution in [0.5, 0.6) is 0 Å². The van der Waals surface area contributed by atoms with Crippen molar-refractivity contribution in [2.75, 3.05) is 13.2 Å². The molecule has 0 radical (unpaired) electrons. The normalized spacial score (nSPS) is 30.1. The van der Waals surface area contributed by atoms with E-state index in [1.807, 2.05) is 4.90 Å². The second kappa shape index (κ2) is 5.15. The highest BCUT2D eigenvalue weighted by atomic mass is 16.3. The summed E-state index contributed by atoms with van der Waals surface area (Å²) in [5, 5.41) is 9.04. The van der Waals surface area contributed by atoms with Crippen molar-refractivity contribution in [3.05, 3.63) is 0 Å². The number of carbonyl (C=O) groups excluding carboxylic acids is 1. The molecule has 4 nitrogen and oxygen atoms in total. The molecular formula is C12H22N2O2. The average Bonchev–Trinajstić information content (AvgIpc) is 2.60. The van der Waals surface area contributed by atoms with Crippen molar-refractivity contribution in [3.63, 3.8) is 0 Å². The van der Waals surface area contributed by atoms with E-state index in [4.69, 9.17) is 10.8 Å². The van der Waals surface area contributed by atoms with E-state index >= 15 is 0 Å². The van der Waals surface area contributed by atoms with Crippen LogP contribution in [0.1, 0.15) is 38.5 Å². The third-order valence-electron chi connectivity index (χ3n) is 4.03. The summed E-state index contributed by atoms with van der Waals surface area (Å²) in [6.07, 6.45) is 6.34. The topological polar surface area (TPSA) is 66.6 Å². The van der Waals surface area contributed by atoms with Crippen molar-refractivity contribution in [1.29, 1.82) is 0 Å². The zero-order valence-electron chi connectivity index (χ0n) is 9.77. The summed E-state index contributed by atoms with van der Waals surface area (Å²) in [7, 11) is 0. The van der Waals surface area contributed by atoms with Crippen LogP contribution in [0.4, 0.5) is 0 Å². The van der Waals surface area contributed by atoms with E-state index < -0.39 is 0 Å². The van der Waals surface area contributed by atoms with E-state index in [1.54, 1.807) is 0 Å². The lowest BCUT2D eigenvalue weighted by atomic mass is 9.89. The highest BCUT2D eigenvalue weighted by Crippen LogP contribution is 2.30. The number of amides is 1. The van der Waals surface area contributed by atoms with Gasteiger partial charge in [0.05, 0.1) is 12.5 Å². The predicted molar refractivity (Wildman–Crippen MR) is 61.8 cm³/mol. The summed E-state index contributed by atoms with van der Waals surface area (Å²) in [6.45, 7) is 0.539. The molecule has 0 aromatic heterocycles. The Morgan fingerprint density at radius 2 is 1.94 bits per heavy atom. The summed E-state index contributed by atoms with van der Waals surface area (Å²) in [5.74, 6) is 0.191. The SMILES string of the molecule is NC1CCCC1C(=O)N(CCO)C1CCC1. The molecule has 1 amide bonds. The molecule has 0 saturated heterocycles. The molecule has 0 spiro atoms. The standard InChI is InChI=1S/C12H22N2O2/c13-11-6-2-5-10(11)12(16)14(7-8-15)9-3-1-4-9/h9-11,15H,1-8,13H2. The van der Waals surface area contributed by atoms with Crippen LogP contribution in [0.2, 0.25) is 0 Å². The van der Waals surface area contributed by atoms with Gasteiger partial charge in [-0.15, -0.1) is 0 Å². The van der Waals surface area contributed by atoms with Crippen LogP contribution in [0.3, 0.4) is 0 Å². The number of aliphatic hydroxyl groups is 1. The molecular weight excluding hydrogens is 204 g/mol. The van der Waals surface area contributed by atoms with E-state index in [2.05, 4.69) is 0 Å². The van der Waals surface area contributed by atoms with Crippen LogP contribution in [-0.4, -0.2) is 41.1 Å². The molecule has 2 aliphatic rings. The molecule has 2 atom stereocenters. The summed E-state index contributed by atoms with van der Waals surface area (Å²) in [4.78, 5) is 14.2. The third kappa shape index (κ3) is 2.23. The molecule has 2 aliphatic carbocycles. The van der Waals surface area contributed by atoms with Crippen LogP contribution in [-0.2, 0) is 4.79 Å². The van der Waals surface area contributed by atoms with Gasteiger partial charge in [0.15, 0.2) is 0 Å². The Bertz CT molecular complexity index is 253. The van der Waals surface area contributed by atoms with Crippen LogP contribution < -0.4 is 5.73 Å². The fourth-order valence-corrected chi connectivity index (χ4v) is 2.79. The minimum atomic E-state index is 0.00662.